The Morgan fingerprint density at radius 1 is 1.00 bits per heavy atom. The average Bonchev–Trinajstić information content (AvgIpc) is 3.07. The van der Waals surface area contributed by atoms with Gasteiger partial charge in [-0.05, 0) is 23.8 Å². The smallest absolute Gasteiger partial charge is 0.122 e. The molecule has 0 amide bonds. The minimum Gasteiger partial charge on any atom is -0.246 e. The number of hydrogen-bond donors (Lipinski definition) is 0. The zero-order valence-corrected chi connectivity index (χ0v) is 14.3. The number of fused-ring (bicyclic) bond motifs is 1. The lowest BCUT2D eigenvalue weighted by molar-refractivity contribution is 0.920. The summed E-state index contributed by atoms with van der Waals surface area (Å²) < 4.78 is 1.89. The number of thioether (sulfide) groups is 1. The van der Waals surface area contributed by atoms with E-state index in [1.165, 1.54) is 5.56 Å². The van der Waals surface area contributed by atoms with E-state index >= 15 is 0 Å². The van der Waals surface area contributed by atoms with Gasteiger partial charge in [0.25, 0.3) is 0 Å². The van der Waals surface area contributed by atoms with Gasteiger partial charge in [-0.15, -0.1) is 0 Å². The van der Waals surface area contributed by atoms with Gasteiger partial charge in [0, 0.05) is 28.7 Å². The fourth-order valence-electron chi connectivity index (χ4n) is 2.49. The van der Waals surface area contributed by atoms with Crippen LogP contribution in [0.15, 0.2) is 78.1 Å². The number of rotatable bonds is 4. The Kier molecular flexibility index (Phi) is 4.24. The molecule has 0 atom stereocenters. The third-order valence-corrected chi connectivity index (χ3v) is 5.03. The molecule has 0 aliphatic carbocycles. The van der Waals surface area contributed by atoms with E-state index in [-0.39, 0.29) is 0 Å². The van der Waals surface area contributed by atoms with Crippen LogP contribution in [0.1, 0.15) is 5.56 Å². The summed E-state index contributed by atoms with van der Waals surface area (Å²) in [6.45, 7) is 0. The van der Waals surface area contributed by atoms with Crippen LogP contribution in [0.2, 0.25) is 5.02 Å². The highest BCUT2D eigenvalue weighted by Crippen LogP contribution is 2.28. The van der Waals surface area contributed by atoms with Crippen molar-refractivity contribution in [3.05, 3.63) is 83.6 Å². The Hall–Kier alpha value is -2.30. The molecule has 0 unspecified atom stereocenters. The molecule has 2 heterocycles. The van der Waals surface area contributed by atoms with Gasteiger partial charge >= 0.3 is 0 Å². The van der Waals surface area contributed by atoms with Crippen molar-refractivity contribution in [2.24, 2.45) is 0 Å². The molecule has 4 aromatic rings. The first kappa shape index (κ1) is 15.2. The molecule has 0 N–H and O–H groups in total. The molecule has 24 heavy (non-hydrogen) atoms. The van der Waals surface area contributed by atoms with E-state index in [1.54, 1.807) is 18.0 Å². The summed E-state index contributed by atoms with van der Waals surface area (Å²) in [4.78, 5) is 4.52. The number of aromatic nitrogens is 3. The zero-order chi connectivity index (χ0) is 16.4. The monoisotopic (exact) mass is 351 g/mol. The second-order valence-electron chi connectivity index (χ2n) is 5.37. The van der Waals surface area contributed by atoms with Crippen LogP contribution in [-0.2, 0) is 5.75 Å². The Balaban J connectivity index is 1.63. The first-order chi connectivity index (χ1) is 11.8. The molecule has 5 heteroatoms. The van der Waals surface area contributed by atoms with Gasteiger partial charge < -0.3 is 0 Å². The van der Waals surface area contributed by atoms with Crippen LogP contribution >= 0.6 is 23.4 Å². The summed E-state index contributed by atoms with van der Waals surface area (Å²) in [5, 5.41) is 6.39. The summed E-state index contributed by atoms with van der Waals surface area (Å²) in [5.41, 5.74) is 4.30. The number of benzene rings is 2. The Labute approximate surface area is 149 Å². The Morgan fingerprint density at radius 3 is 2.58 bits per heavy atom. The van der Waals surface area contributed by atoms with E-state index in [1.807, 2.05) is 53.2 Å². The van der Waals surface area contributed by atoms with Crippen molar-refractivity contribution in [1.82, 2.24) is 14.6 Å². The highest BCUT2D eigenvalue weighted by molar-refractivity contribution is 7.98. The maximum absolute atomic E-state index is 5.94. The van der Waals surface area contributed by atoms with Crippen molar-refractivity contribution < 1.29 is 0 Å². The highest BCUT2D eigenvalue weighted by Gasteiger charge is 2.09. The van der Waals surface area contributed by atoms with Gasteiger partial charge in [0.15, 0.2) is 0 Å². The number of hydrogen-bond acceptors (Lipinski definition) is 3. The fourth-order valence-corrected chi connectivity index (χ4v) is 3.55. The fraction of sp³-hybridized carbons (Fsp3) is 0.0526. The van der Waals surface area contributed by atoms with E-state index in [0.29, 0.717) is 0 Å². The molecule has 2 aromatic heterocycles. The van der Waals surface area contributed by atoms with Crippen LogP contribution in [0.3, 0.4) is 0 Å². The van der Waals surface area contributed by atoms with Gasteiger partial charge in [-0.2, -0.15) is 5.10 Å². The van der Waals surface area contributed by atoms with Crippen LogP contribution in [0, 0.1) is 0 Å². The SMILES string of the molecule is Clc1ccc(CSc2nccn3nc(-c4ccccc4)cc23)cc1. The minimum atomic E-state index is 0.757. The molecule has 0 fully saturated rings. The largest absolute Gasteiger partial charge is 0.246 e. The second-order valence-corrected chi connectivity index (χ2v) is 6.77. The Morgan fingerprint density at radius 2 is 1.79 bits per heavy atom. The molecular weight excluding hydrogens is 338 g/mol. The van der Waals surface area contributed by atoms with Crippen LogP contribution in [0.4, 0.5) is 0 Å². The summed E-state index contributed by atoms with van der Waals surface area (Å²) in [7, 11) is 0. The second kappa shape index (κ2) is 6.67. The van der Waals surface area contributed by atoms with Gasteiger partial charge in [-0.25, -0.2) is 9.50 Å². The average molecular weight is 352 g/mol. The minimum absolute atomic E-state index is 0.757. The Bertz CT molecular complexity index is 965. The molecule has 4 rings (SSSR count). The molecule has 0 saturated heterocycles. The van der Waals surface area contributed by atoms with E-state index in [0.717, 1.165) is 32.6 Å². The number of nitrogens with zero attached hydrogens (tertiary/aromatic N) is 3. The van der Waals surface area contributed by atoms with Gasteiger partial charge in [-0.3, -0.25) is 0 Å². The van der Waals surface area contributed by atoms with Crippen molar-refractivity contribution in [1.29, 1.82) is 0 Å². The van der Waals surface area contributed by atoms with Gasteiger partial charge in [0.2, 0.25) is 0 Å². The van der Waals surface area contributed by atoms with E-state index in [4.69, 9.17) is 11.6 Å². The highest BCUT2D eigenvalue weighted by atomic mass is 35.5. The standard InChI is InChI=1S/C19H14ClN3S/c20-16-8-6-14(7-9-16)13-24-19-18-12-17(15-4-2-1-3-5-15)22-23(18)11-10-21-19/h1-12H,13H2. The van der Waals surface area contributed by atoms with E-state index < -0.39 is 0 Å². The van der Waals surface area contributed by atoms with Crippen LogP contribution in [-0.4, -0.2) is 14.6 Å². The lowest BCUT2D eigenvalue weighted by Gasteiger charge is -2.03. The normalized spacial score (nSPS) is 11.0. The quantitative estimate of drug-likeness (QED) is 0.465. The topological polar surface area (TPSA) is 30.2 Å². The molecule has 3 nitrogen and oxygen atoms in total. The van der Waals surface area contributed by atoms with Crippen molar-refractivity contribution in [3.63, 3.8) is 0 Å². The first-order valence-electron chi connectivity index (χ1n) is 7.57. The molecule has 0 spiro atoms. The van der Waals surface area contributed by atoms with Crippen molar-refractivity contribution in [3.8, 4) is 11.3 Å². The molecule has 0 bridgehead atoms. The third-order valence-electron chi connectivity index (χ3n) is 3.71. The van der Waals surface area contributed by atoms with Crippen LogP contribution in [0.25, 0.3) is 16.8 Å². The molecule has 2 aromatic carbocycles. The predicted molar refractivity (Wildman–Crippen MR) is 99.4 cm³/mol. The summed E-state index contributed by atoms with van der Waals surface area (Å²) in [5.74, 6) is 0.843. The maximum atomic E-state index is 5.94. The molecule has 0 radical (unpaired) electrons. The maximum Gasteiger partial charge on any atom is 0.122 e. The summed E-state index contributed by atoms with van der Waals surface area (Å²) >= 11 is 7.64. The third kappa shape index (κ3) is 3.16. The molecule has 118 valence electrons. The molecular formula is C19H14ClN3S. The van der Waals surface area contributed by atoms with Crippen LogP contribution < -0.4 is 0 Å². The van der Waals surface area contributed by atoms with Crippen molar-refractivity contribution in [2.75, 3.05) is 0 Å². The van der Waals surface area contributed by atoms with Crippen molar-refractivity contribution in [2.45, 2.75) is 10.8 Å². The zero-order valence-electron chi connectivity index (χ0n) is 12.8. The lowest BCUT2D eigenvalue weighted by atomic mass is 10.1. The lowest BCUT2D eigenvalue weighted by Crippen LogP contribution is -1.91. The van der Waals surface area contributed by atoms with Gasteiger partial charge in [-0.1, -0.05) is 65.8 Å². The van der Waals surface area contributed by atoms with Crippen molar-refractivity contribution >= 4 is 28.9 Å². The van der Waals surface area contributed by atoms with Gasteiger partial charge in [0.1, 0.15) is 5.03 Å². The molecule has 0 aliphatic heterocycles. The van der Waals surface area contributed by atoms with Gasteiger partial charge in [0.05, 0.1) is 11.2 Å². The molecule has 0 saturated carbocycles. The van der Waals surface area contributed by atoms with E-state index in [9.17, 15) is 0 Å². The van der Waals surface area contributed by atoms with E-state index in [2.05, 4.69) is 28.3 Å². The predicted octanol–water partition coefficient (Wildman–Crippen LogP) is 5.34. The first-order valence-corrected chi connectivity index (χ1v) is 8.93. The van der Waals surface area contributed by atoms with Crippen LogP contribution in [0.5, 0.6) is 0 Å². The number of halogens is 1. The summed E-state index contributed by atoms with van der Waals surface area (Å²) in [6, 6.07) is 20.2. The molecule has 0 aliphatic rings. The summed E-state index contributed by atoms with van der Waals surface area (Å²) in [6.07, 6.45) is 3.67.